The molecule has 0 aliphatic heterocycles. The van der Waals surface area contributed by atoms with Crippen LogP contribution in [0.1, 0.15) is 47.2 Å². The molecule has 36 heavy (non-hydrogen) atoms. The number of benzene rings is 2. The van der Waals surface area contributed by atoms with Gasteiger partial charge in [0.25, 0.3) is 0 Å². The quantitative estimate of drug-likeness (QED) is 0.289. The number of aromatic nitrogens is 2. The highest BCUT2D eigenvalue weighted by atomic mass is 32.2. The molecule has 7 heteroatoms. The Morgan fingerprint density at radius 3 is 2.69 bits per heavy atom. The summed E-state index contributed by atoms with van der Waals surface area (Å²) in [5, 5.41) is 15.4. The van der Waals surface area contributed by atoms with Crippen LogP contribution in [-0.4, -0.2) is 21.1 Å². The number of rotatable bonds is 6. The van der Waals surface area contributed by atoms with Gasteiger partial charge in [-0.2, -0.15) is 5.26 Å². The molecular formula is C29H26N4OS2. The molecule has 2 heterocycles. The topological polar surface area (TPSA) is 78.7 Å². The van der Waals surface area contributed by atoms with E-state index in [1.54, 1.807) is 0 Å². The van der Waals surface area contributed by atoms with Crippen LogP contribution in [0.2, 0.25) is 0 Å². The predicted molar refractivity (Wildman–Crippen MR) is 146 cm³/mol. The Bertz CT molecular complexity index is 1420. The van der Waals surface area contributed by atoms with Crippen LogP contribution in [0.15, 0.2) is 71.1 Å². The number of amides is 1. The van der Waals surface area contributed by atoms with Gasteiger partial charge >= 0.3 is 0 Å². The van der Waals surface area contributed by atoms with Crippen molar-refractivity contribution in [3.05, 3.63) is 94.0 Å². The van der Waals surface area contributed by atoms with Crippen LogP contribution in [0.5, 0.6) is 0 Å². The van der Waals surface area contributed by atoms with Gasteiger partial charge in [-0.15, -0.1) is 11.3 Å². The summed E-state index contributed by atoms with van der Waals surface area (Å²) >= 11 is 2.73. The number of fused-ring (bicyclic) bond motifs is 1. The van der Waals surface area contributed by atoms with Crippen molar-refractivity contribution < 1.29 is 4.79 Å². The van der Waals surface area contributed by atoms with Gasteiger partial charge in [-0.05, 0) is 56.2 Å². The van der Waals surface area contributed by atoms with Crippen LogP contribution in [0, 0.1) is 18.3 Å². The lowest BCUT2D eigenvalue weighted by Gasteiger charge is -2.25. The van der Waals surface area contributed by atoms with Crippen molar-refractivity contribution in [1.29, 1.82) is 5.26 Å². The number of aryl methyl sites for hydroxylation is 2. The number of hydrogen-bond acceptors (Lipinski definition) is 6. The maximum absolute atomic E-state index is 12.9. The van der Waals surface area contributed by atoms with Crippen molar-refractivity contribution in [2.24, 2.45) is 0 Å². The molecule has 1 aliphatic carbocycles. The molecule has 2 aromatic heterocycles. The number of nitriles is 1. The minimum atomic E-state index is -0.421. The van der Waals surface area contributed by atoms with Crippen molar-refractivity contribution >= 4 is 34.1 Å². The zero-order chi connectivity index (χ0) is 25.1. The van der Waals surface area contributed by atoms with Gasteiger partial charge < -0.3 is 5.32 Å². The van der Waals surface area contributed by atoms with Gasteiger partial charge in [0.15, 0.2) is 5.13 Å². The van der Waals surface area contributed by atoms with E-state index >= 15 is 0 Å². The minimum Gasteiger partial charge on any atom is -0.301 e. The van der Waals surface area contributed by atoms with Crippen LogP contribution in [-0.2, 0) is 17.6 Å². The highest BCUT2D eigenvalue weighted by Crippen LogP contribution is 2.35. The Labute approximate surface area is 219 Å². The van der Waals surface area contributed by atoms with E-state index in [9.17, 15) is 10.1 Å². The highest BCUT2D eigenvalue weighted by molar-refractivity contribution is 8.00. The monoisotopic (exact) mass is 510 g/mol. The van der Waals surface area contributed by atoms with Crippen molar-refractivity contribution in [2.75, 3.05) is 5.32 Å². The number of carbonyl (C=O) groups excluding carboxylic acids is 1. The first kappa shape index (κ1) is 24.2. The van der Waals surface area contributed by atoms with Crippen molar-refractivity contribution in [3.8, 4) is 17.3 Å². The molecule has 0 radical (unpaired) electrons. The number of thioether (sulfide) groups is 1. The lowest BCUT2D eigenvalue weighted by Crippen LogP contribution is -2.23. The maximum atomic E-state index is 12.9. The number of nitrogens with one attached hydrogen (secondary N) is 1. The third-order valence-electron chi connectivity index (χ3n) is 6.48. The maximum Gasteiger partial charge on any atom is 0.239 e. The van der Waals surface area contributed by atoms with Crippen LogP contribution in [0.3, 0.4) is 0 Å². The molecule has 2 aromatic carbocycles. The Morgan fingerprint density at radius 2 is 1.94 bits per heavy atom. The lowest BCUT2D eigenvalue weighted by molar-refractivity contribution is -0.115. The number of pyridine rings is 1. The summed E-state index contributed by atoms with van der Waals surface area (Å²) in [5.41, 5.74) is 7.09. The van der Waals surface area contributed by atoms with Crippen LogP contribution < -0.4 is 5.32 Å². The molecule has 1 aliphatic rings. The number of carbonyl (C=O) groups is 1. The highest BCUT2D eigenvalue weighted by Gasteiger charge is 2.25. The summed E-state index contributed by atoms with van der Waals surface area (Å²) in [7, 11) is 0. The zero-order valence-corrected chi connectivity index (χ0v) is 21.8. The van der Waals surface area contributed by atoms with Crippen LogP contribution in [0.4, 0.5) is 5.13 Å². The van der Waals surface area contributed by atoms with Gasteiger partial charge in [-0.1, -0.05) is 71.9 Å². The first-order valence-electron chi connectivity index (χ1n) is 12.0. The molecule has 4 aromatic rings. The number of nitrogens with zero attached hydrogens (tertiary/aromatic N) is 3. The summed E-state index contributed by atoms with van der Waals surface area (Å²) in [6, 6.07) is 22.9. The second kappa shape index (κ2) is 10.7. The smallest absolute Gasteiger partial charge is 0.239 e. The fourth-order valence-electron chi connectivity index (χ4n) is 4.44. The van der Waals surface area contributed by atoms with Gasteiger partial charge in [0.1, 0.15) is 11.1 Å². The van der Waals surface area contributed by atoms with E-state index in [0.29, 0.717) is 21.6 Å². The van der Waals surface area contributed by atoms with Gasteiger partial charge in [-0.25, -0.2) is 9.97 Å². The fourth-order valence-corrected chi connectivity index (χ4v) is 6.06. The fraction of sp³-hybridized carbons (Fsp3) is 0.241. The lowest BCUT2D eigenvalue weighted by atomic mass is 9.82. The molecule has 1 amide bonds. The third kappa shape index (κ3) is 5.35. The van der Waals surface area contributed by atoms with E-state index in [4.69, 9.17) is 4.98 Å². The Hall–Kier alpha value is -3.47. The summed E-state index contributed by atoms with van der Waals surface area (Å²) in [6.45, 7) is 3.88. The molecule has 5 rings (SSSR count). The predicted octanol–water partition coefficient (Wildman–Crippen LogP) is 6.78. The van der Waals surface area contributed by atoms with Gasteiger partial charge in [0.05, 0.1) is 16.5 Å². The van der Waals surface area contributed by atoms with E-state index < -0.39 is 5.25 Å². The Morgan fingerprint density at radius 1 is 1.17 bits per heavy atom. The molecule has 180 valence electrons. The van der Waals surface area contributed by atoms with Gasteiger partial charge in [0, 0.05) is 16.6 Å². The normalized spacial score (nSPS) is 15.5. The first-order chi connectivity index (χ1) is 17.5. The number of anilines is 1. The van der Waals surface area contributed by atoms with E-state index in [-0.39, 0.29) is 5.91 Å². The second-order valence-corrected chi connectivity index (χ2v) is 11.2. The van der Waals surface area contributed by atoms with E-state index in [1.165, 1.54) is 34.2 Å². The van der Waals surface area contributed by atoms with Crippen molar-refractivity contribution in [1.82, 2.24) is 9.97 Å². The molecule has 0 spiro atoms. The summed E-state index contributed by atoms with van der Waals surface area (Å²) in [5.74, 6) is 0.288. The number of hydrogen-bond donors (Lipinski definition) is 1. The molecule has 1 N–H and O–H groups in total. The van der Waals surface area contributed by atoms with Crippen LogP contribution in [0.25, 0.3) is 11.3 Å². The van der Waals surface area contributed by atoms with Crippen molar-refractivity contribution in [3.63, 3.8) is 0 Å². The molecule has 0 fully saturated rings. The molecule has 0 saturated heterocycles. The number of thiazole rings is 1. The third-order valence-corrected chi connectivity index (χ3v) is 8.34. The van der Waals surface area contributed by atoms with Crippen LogP contribution >= 0.6 is 23.1 Å². The standard InChI is InChI=1S/C29H26N4OS2/c1-18-8-10-21(11-9-18)26-17-35-29(32-26)33-27(34)19(2)36-28-24(16-30)15-23-14-22(12-13-25(23)31-28)20-6-4-3-5-7-20/h3-11,15,17,19,22H,12-14H2,1-2H3,(H,32,33,34). The van der Waals surface area contributed by atoms with E-state index in [2.05, 4.69) is 40.6 Å². The molecule has 0 bridgehead atoms. The molecule has 0 saturated carbocycles. The first-order valence-corrected chi connectivity index (χ1v) is 13.7. The Kier molecular flexibility index (Phi) is 7.17. The average molecular weight is 511 g/mol. The minimum absolute atomic E-state index is 0.155. The summed E-state index contributed by atoms with van der Waals surface area (Å²) in [6.07, 6.45) is 2.79. The Balaban J connectivity index is 1.26. The van der Waals surface area contributed by atoms with E-state index in [0.717, 1.165) is 41.8 Å². The zero-order valence-electron chi connectivity index (χ0n) is 20.2. The van der Waals surface area contributed by atoms with E-state index in [1.807, 2.05) is 55.6 Å². The molecular weight excluding hydrogens is 484 g/mol. The molecule has 5 nitrogen and oxygen atoms in total. The SMILES string of the molecule is Cc1ccc(-c2csc(NC(=O)C(C)Sc3nc4c(cc3C#N)CC(c3ccccc3)CC4)n2)cc1. The van der Waals surface area contributed by atoms with Gasteiger partial charge in [-0.3, -0.25) is 4.79 Å². The summed E-state index contributed by atoms with van der Waals surface area (Å²) < 4.78 is 0. The van der Waals surface area contributed by atoms with Crippen molar-refractivity contribution in [2.45, 2.75) is 49.3 Å². The molecule has 2 atom stereocenters. The second-order valence-electron chi connectivity index (χ2n) is 9.06. The summed E-state index contributed by atoms with van der Waals surface area (Å²) in [4.78, 5) is 22.3. The average Bonchev–Trinajstić information content (AvgIpc) is 3.37. The van der Waals surface area contributed by atoms with Gasteiger partial charge in [0.2, 0.25) is 5.91 Å². The molecule has 2 unspecified atom stereocenters. The largest absolute Gasteiger partial charge is 0.301 e.